The van der Waals surface area contributed by atoms with Gasteiger partial charge in [0.25, 0.3) is 0 Å². The Kier molecular flexibility index (Phi) is 4.84. The predicted octanol–water partition coefficient (Wildman–Crippen LogP) is 4.14. The Morgan fingerprint density at radius 3 is 2.96 bits per heavy atom. The lowest BCUT2D eigenvalue weighted by atomic mass is 10.2. The zero-order valence-electron chi connectivity index (χ0n) is 14.6. The van der Waals surface area contributed by atoms with Crippen LogP contribution in [0.15, 0.2) is 52.9 Å². The molecule has 134 valence electrons. The maximum atomic E-state index is 12.3. The highest BCUT2D eigenvalue weighted by molar-refractivity contribution is 7.99. The molecular formula is C20H16N4OS2. The number of aryl methyl sites for hydroxylation is 1. The molecule has 0 saturated heterocycles. The quantitative estimate of drug-likeness (QED) is 0.518. The molecular weight excluding hydrogens is 376 g/mol. The summed E-state index contributed by atoms with van der Waals surface area (Å²) in [5, 5.41) is 15.4. The van der Waals surface area contributed by atoms with E-state index >= 15 is 0 Å². The lowest BCUT2D eigenvalue weighted by Gasteiger charge is -2.10. The Balaban J connectivity index is 1.63. The van der Waals surface area contributed by atoms with Gasteiger partial charge in [-0.15, -0.1) is 11.3 Å². The van der Waals surface area contributed by atoms with Crippen molar-refractivity contribution in [1.29, 1.82) is 5.26 Å². The molecule has 3 aromatic heterocycles. The number of hydrogen-bond acceptors (Lipinski definition) is 5. The number of imidazole rings is 1. The van der Waals surface area contributed by atoms with Crippen molar-refractivity contribution in [2.45, 2.75) is 18.5 Å². The zero-order chi connectivity index (χ0) is 18.8. The molecule has 0 aliphatic rings. The van der Waals surface area contributed by atoms with Crippen LogP contribution in [0.3, 0.4) is 0 Å². The first-order valence-corrected chi connectivity index (χ1v) is 10.3. The lowest BCUT2D eigenvalue weighted by Crippen LogP contribution is -2.24. The van der Waals surface area contributed by atoms with Gasteiger partial charge in [-0.3, -0.25) is 9.20 Å². The van der Waals surface area contributed by atoms with Crippen LogP contribution in [0.5, 0.6) is 0 Å². The maximum absolute atomic E-state index is 12.3. The van der Waals surface area contributed by atoms with E-state index in [2.05, 4.69) is 16.4 Å². The smallest absolute Gasteiger partial charge is 0.230 e. The number of amides is 1. The summed E-state index contributed by atoms with van der Waals surface area (Å²) in [4.78, 5) is 18.0. The van der Waals surface area contributed by atoms with E-state index in [9.17, 15) is 10.1 Å². The first kappa shape index (κ1) is 17.6. The number of pyridine rings is 1. The van der Waals surface area contributed by atoms with Crippen molar-refractivity contribution in [2.75, 3.05) is 5.75 Å². The third-order valence-electron chi connectivity index (χ3n) is 4.24. The molecule has 0 unspecified atom stereocenters. The number of aromatic nitrogens is 2. The average molecular weight is 393 g/mol. The molecule has 5 nitrogen and oxygen atoms in total. The van der Waals surface area contributed by atoms with Gasteiger partial charge in [-0.05, 0) is 42.1 Å². The molecule has 0 spiro atoms. The number of fused-ring (bicyclic) bond motifs is 3. The normalized spacial score (nSPS) is 11.0. The third-order valence-corrected chi connectivity index (χ3v) is 6.12. The molecule has 3 heterocycles. The number of nitrogens with zero attached hydrogens (tertiary/aromatic N) is 3. The minimum Gasteiger partial charge on any atom is -0.350 e. The second-order valence-corrected chi connectivity index (χ2v) is 8.08. The largest absolute Gasteiger partial charge is 0.350 e. The molecule has 4 rings (SSSR count). The van der Waals surface area contributed by atoms with Crippen LogP contribution in [0.1, 0.15) is 16.0 Å². The molecule has 4 aromatic rings. The summed E-state index contributed by atoms with van der Waals surface area (Å²) in [5.74, 6) is 0.284. The Morgan fingerprint density at radius 2 is 2.19 bits per heavy atom. The van der Waals surface area contributed by atoms with E-state index in [1.54, 1.807) is 11.3 Å². The second kappa shape index (κ2) is 7.43. The number of thioether (sulfide) groups is 1. The zero-order valence-corrected chi connectivity index (χ0v) is 16.2. The molecule has 0 saturated carbocycles. The molecule has 0 atom stereocenters. The van der Waals surface area contributed by atoms with Crippen LogP contribution in [0.25, 0.3) is 16.7 Å². The molecule has 1 amide bonds. The Labute approximate surface area is 164 Å². The number of thiophene rings is 1. The van der Waals surface area contributed by atoms with Crippen molar-refractivity contribution in [3.63, 3.8) is 0 Å². The molecule has 0 aliphatic carbocycles. The van der Waals surface area contributed by atoms with Crippen LogP contribution < -0.4 is 5.32 Å². The van der Waals surface area contributed by atoms with E-state index < -0.39 is 0 Å². The molecule has 27 heavy (non-hydrogen) atoms. The van der Waals surface area contributed by atoms with Gasteiger partial charge in [-0.1, -0.05) is 30.0 Å². The van der Waals surface area contributed by atoms with Gasteiger partial charge in [0.2, 0.25) is 5.91 Å². The monoisotopic (exact) mass is 392 g/mol. The third kappa shape index (κ3) is 3.42. The molecule has 1 aromatic carbocycles. The van der Waals surface area contributed by atoms with Crippen LogP contribution in [-0.4, -0.2) is 21.0 Å². The van der Waals surface area contributed by atoms with E-state index in [0.29, 0.717) is 23.5 Å². The number of rotatable bonds is 5. The Bertz CT molecular complexity index is 1170. The van der Waals surface area contributed by atoms with Gasteiger partial charge in [-0.2, -0.15) is 5.26 Å². The number of nitrogens with one attached hydrogen (secondary N) is 1. The van der Waals surface area contributed by atoms with E-state index in [1.165, 1.54) is 11.8 Å². The van der Waals surface area contributed by atoms with Crippen molar-refractivity contribution in [3.8, 4) is 6.07 Å². The summed E-state index contributed by atoms with van der Waals surface area (Å²) >= 11 is 3.08. The fourth-order valence-corrected chi connectivity index (χ4v) is 4.55. The Hall–Kier alpha value is -2.82. The van der Waals surface area contributed by atoms with Crippen LogP contribution in [-0.2, 0) is 11.3 Å². The highest BCUT2D eigenvalue weighted by Crippen LogP contribution is 2.29. The summed E-state index contributed by atoms with van der Waals surface area (Å²) in [6.07, 6.45) is 0. The summed E-state index contributed by atoms with van der Waals surface area (Å²) in [5.41, 5.74) is 3.84. The fourth-order valence-electron chi connectivity index (χ4n) is 2.95. The minimum atomic E-state index is -0.0204. The van der Waals surface area contributed by atoms with Crippen LogP contribution in [0.2, 0.25) is 0 Å². The van der Waals surface area contributed by atoms with E-state index in [-0.39, 0.29) is 5.91 Å². The summed E-state index contributed by atoms with van der Waals surface area (Å²) in [6, 6.07) is 16.0. The number of benzene rings is 1. The number of nitriles is 1. The molecule has 0 bridgehead atoms. The van der Waals surface area contributed by atoms with Gasteiger partial charge >= 0.3 is 0 Å². The van der Waals surface area contributed by atoms with Crippen molar-refractivity contribution in [2.24, 2.45) is 0 Å². The maximum Gasteiger partial charge on any atom is 0.230 e. The average Bonchev–Trinajstić information content (AvgIpc) is 3.32. The van der Waals surface area contributed by atoms with Gasteiger partial charge in [0.15, 0.2) is 5.65 Å². The van der Waals surface area contributed by atoms with Crippen LogP contribution in [0, 0.1) is 18.3 Å². The molecule has 1 N–H and O–H groups in total. The number of carbonyl (C=O) groups is 1. The van der Waals surface area contributed by atoms with Gasteiger partial charge in [0, 0.05) is 4.88 Å². The Morgan fingerprint density at radius 1 is 1.33 bits per heavy atom. The topological polar surface area (TPSA) is 70.2 Å². The first-order chi connectivity index (χ1) is 13.2. The number of para-hydroxylation sites is 2. The summed E-state index contributed by atoms with van der Waals surface area (Å²) in [6.45, 7) is 2.45. The standard InChI is InChI=1S/C20H16N4OS2/c1-13-9-19(27-12-18(25)22-11-14-5-4-8-26-14)24-17-7-3-2-6-16(17)23-20(24)15(13)10-21/h2-9H,11-12H2,1H3,(H,22,25). The van der Waals surface area contributed by atoms with Crippen molar-refractivity contribution < 1.29 is 4.79 Å². The molecule has 0 radical (unpaired) electrons. The first-order valence-electron chi connectivity index (χ1n) is 8.40. The van der Waals surface area contributed by atoms with Gasteiger partial charge in [-0.25, -0.2) is 4.98 Å². The minimum absolute atomic E-state index is 0.0204. The summed E-state index contributed by atoms with van der Waals surface area (Å²) in [7, 11) is 0. The van der Waals surface area contributed by atoms with E-state index in [4.69, 9.17) is 0 Å². The molecule has 0 aliphatic heterocycles. The van der Waals surface area contributed by atoms with Crippen molar-refractivity contribution >= 4 is 45.7 Å². The van der Waals surface area contributed by atoms with Crippen molar-refractivity contribution in [3.05, 3.63) is 63.8 Å². The number of hydrogen-bond donors (Lipinski definition) is 1. The lowest BCUT2D eigenvalue weighted by molar-refractivity contribution is -0.118. The van der Waals surface area contributed by atoms with Gasteiger partial charge < -0.3 is 5.32 Å². The van der Waals surface area contributed by atoms with Gasteiger partial charge in [0.1, 0.15) is 6.07 Å². The highest BCUT2D eigenvalue weighted by atomic mass is 32.2. The van der Waals surface area contributed by atoms with E-state index in [0.717, 1.165) is 26.5 Å². The molecule has 7 heteroatoms. The highest BCUT2D eigenvalue weighted by Gasteiger charge is 2.16. The van der Waals surface area contributed by atoms with Crippen LogP contribution >= 0.6 is 23.1 Å². The second-order valence-electron chi connectivity index (χ2n) is 6.06. The number of carbonyl (C=O) groups excluding carboxylic acids is 1. The predicted molar refractivity (Wildman–Crippen MR) is 109 cm³/mol. The van der Waals surface area contributed by atoms with Gasteiger partial charge in [0.05, 0.1) is 33.9 Å². The molecule has 0 fully saturated rings. The summed E-state index contributed by atoms with van der Waals surface area (Å²) < 4.78 is 1.97. The fraction of sp³-hybridized carbons (Fsp3) is 0.150. The van der Waals surface area contributed by atoms with Crippen molar-refractivity contribution in [1.82, 2.24) is 14.7 Å². The van der Waals surface area contributed by atoms with Crippen LogP contribution in [0.4, 0.5) is 0 Å². The SMILES string of the molecule is Cc1cc(SCC(=O)NCc2cccs2)n2c(nc3ccccc32)c1C#N. The van der Waals surface area contributed by atoms with E-state index in [1.807, 2.05) is 59.2 Å².